The number of hydrogen-bond donors (Lipinski definition) is 1. The van der Waals surface area contributed by atoms with Crippen LogP contribution >= 0.6 is 11.8 Å². The maximum atomic E-state index is 13.0. The molecule has 0 aliphatic heterocycles. The van der Waals surface area contributed by atoms with Gasteiger partial charge in [0.15, 0.2) is 0 Å². The van der Waals surface area contributed by atoms with E-state index in [0.717, 1.165) is 4.90 Å². The van der Waals surface area contributed by atoms with E-state index in [1.807, 2.05) is 13.8 Å². The van der Waals surface area contributed by atoms with Crippen LogP contribution < -0.4 is 0 Å². The normalized spacial score (nSPS) is 10.6. The summed E-state index contributed by atoms with van der Waals surface area (Å²) in [4.78, 5) is 11.4. The number of rotatable bonds is 3. The molecule has 0 saturated carbocycles. The third-order valence-corrected chi connectivity index (χ3v) is 2.54. The maximum Gasteiger partial charge on any atom is 0.338 e. The fourth-order valence-electron chi connectivity index (χ4n) is 1.01. The van der Waals surface area contributed by atoms with Crippen molar-refractivity contribution in [2.45, 2.75) is 24.0 Å². The molecule has 0 bridgehead atoms. The third-order valence-electron chi connectivity index (χ3n) is 1.54. The highest BCUT2D eigenvalue weighted by atomic mass is 32.2. The van der Waals surface area contributed by atoms with Gasteiger partial charge >= 0.3 is 5.97 Å². The Morgan fingerprint density at radius 3 is 2.64 bits per heavy atom. The summed E-state index contributed by atoms with van der Waals surface area (Å²) in [6, 6.07) is 4.14. The van der Waals surface area contributed by atoms with Gasteiger partial charge < -0.3 is 5.11 Å². The van der Waals surface area contributed by atoms with Gasteiger partial charge in [0.05, 0.1) is 5.56 Å². The van der Waals surface area contributed by atoms with Gasteiger partial charge in [-0.2, -0.15) is 0 Å². The van der Waals surface area contributed by atoms with Crippen LogP contribution in [0.3, 0.4) is 0 Å². The summed E-state index contributed by atoms with van der Waals surface area (Å²) in [5, 5.41) is 9.02. The molecular weight excluding hydrogens is 203 g/mol. The van der Waals surface area contributed by atoms with Gasteiger partial charge in [-0.1, -0.05) is 13.8 Å². The summed E-state index contributed by atoms with van der Waals surface area (Å²) in [6.45, 7) is 3.99. The molecule has 0 spiro atoms. The van der Waals surface area contributed by atoms with Gasteiger partial charge in [-0.05, 0) is 18.2 Å². The number of hydrogen-bond acceptors (Lipinski definition) is 2. The van der Waals surface area contributed by atoms with E-state index in [4.69, 9.17) is 5.11 Å². The smallest absolute Gasteiger partial charge is 0.338 e. The van der Waals surface area contributed by atoms with Crippen molar-refractivity contribution in [3.8, 4) is 0 Å². The summed E-state index contributed by atoms with van der Waals surface area (Å²) in [6.07, 6.45) is 0. The van der Waals surface area contributed by atoms with Crippen LogP contribution in [0.1, 0.15) is 24.2 Å². The van der Waals surface area contributed by atoms with E-state index in [1.54, 1.807) is 6.07 Å². The molecule has 2 nitrogen and oxygen atoms in total. The Bertz CT molecular complexity index is 350. The van der Waals surface area contributed by atoms with Crippen molar-refractivity contribution < 1.29 is 14.3 Å². The van der Waals surface area contributed by atoms with Crippen molar-refractivity contribution >= 4 is 17.7 Å². The van der Waals surface area contributed by atoms with Crippen molar-refractivity contribution in [3.63, 3.8) is 0 Å². The second-order valence-electron chi connectivity index (χ2n) is 3.11. The molecule has 1 N–H and O–H groups in total. The monoisotopic (exact) mass is 214 g/mol. The van der Waals surface area contributed by atoms with Crippen molar-refractivity contribution in [2.75, 3.05) is 0 Å². The molecule has 1 aromatic rings. The number of aromatic carboxylic acids is 1. The summed E-state index contributed by atoms with van der Waals surface area (Å²) >= 11 is 1.51. The molecule has 1 rings (SSSR count). The standard InChI is InChI=1S/C10H11FO2S/c1-6(2)14-7-3-4-9(11)8(5-7)10(12)13/h3-6H,1-2H3,(H,12,13). The van der Waals surface area contributed by atoms with E-state index >= 15 is 0 Å². The van der Waals surface area contributed by atoms with Crippen LogP contribution in [0.5, 0.6) is 0 Å². The van der Waals surface area contributed by atoms with Gasteiger partial charge in [0, 0.05) is 10.1 Å². The quantitative estimate of drug-likeness (QED) is 0.786. The van der Waals surface area contributed by atoms with E-state index in [9.17, 15) is 9.18 Å². The molecule has 0 amide bonds. The Labute approximate surface area is 86.1 Å². The fraction of sp³-hybridized carbons (Fsp3) is 0.300. The first kappa shape index (κ1) is 11.0. The van der Waals surface area contributed by atoms with Gasteiger partial charge in [0.2, 0.25) is 0 Å². The highest BCUT2D eigenvalue weighted by Crippen LogP contribution is 2.24. The predicted octanol–water partition coefficient (Wildman–Crippen LogP) is 3.02. The van der Waals surface area contributed by atoms with Crippen molar-refractivity contribution in [3.05, 3.63) is 29.6 Å². The number of benzene rings is 1. The molecule has 76 valence electrons. The molecule has 0 heterocycles. The van der Waals surface area contributed by atoms with Crippen molar-refractivity contribution in [1.29, 1.82) is 0 Å². The number of halogens is 1. The number of thioether (sulfide) groups is 1. The van der Waals surface area contributed by atoms with Crippen LogP contribution in [0, 0.1) is 5.82 Å². The lowest BCUT2D eigenvalue weighted by atomic mass is 10.2. The molecule has 0 aliphatic rings. The van der Waals surface area contributed by atoms with Gasteiger partial charge in [-0.15, -0.1) is 11.8 Å². The second kappa shape index (κ2) is 4.46. The minimum absolute atomic E-state index is 0.268. The summed E-state index contributed by atoms with van der Waals surface area (Å²) in [5.41, 5.74) is -0.268. The van der Waals surface area contributed by atoms with Crippen LogP contribution in [-0.2, 0) is 0 Å². The van der Waals surface area contributed by atoms with Gasteiger partial charge in [0.25, 0.3) is 0 Å². The highest BCUT2D eigenvalue weighted by molar-refractivity contribution is 7.99. The molecule has 1 aromatic carbocycles. The Kier molecular flexibility index (Phi) is 3.52. The highest BCUT2D eigenvalue weighted by Gasteiger charge is 2.11. The average molecular weight is 214 g/mol. The van der Waals surface area contributed by atoms with E-state index < -0.39 is 11.8 Å². The van der Waals surface area contributed by atoms with Gasteiger partial charge in [-0.3, -0.25) is 0 Å². The zero-order valence-electron chi connectivity index (χ0n) is 7.95. The largest absolute Gasteiger partial charge is 0.478 e. The minimum Gasteiger partial charge on any atom is -0.478 e. The van der Waals surface area contributed by atoms with Crippen LogP contribution in [0.2, 0.25) is 0 Å². The first-order valence-corrected chi connectivity index (χ1v) is 5.08. The van der Waals surface area contributed by atoms with Crippen LogP contribution in [0.4, 0.5) is 4.39 Å². The Balaban J connectivity index is 3.00. The molecule has 0 aromatic heterocycles. The fourth-order valence-corrected chi connectivity index (χ4v) is 1.89. The number of carbonyl (C=O) groups is 1. The lowest BCUT2D eigenvalue weighted by molar-refractivity contribution is 0.0691. The Hall–Kier alpha value is -1.03. The van der Waals surface area contributed by atoms with E-state index in [0.29, 0.717) is 5.25 Å². The third kappa shape index (κ3) is 2.73. The van der Waals surface area contributed by atoms with Crippen LogP contribution in [0.15, 0.2) is 23.1 Å². The first-order valence-electron chi connectivity index (χ1n) is 4.20. The zero-order chi connectivity index (χ0) is 10.7. The van der Waals surface area contributed by atoms with E-state index in [-0.39, 0.29) is 5.56 Å². The molecule has 14 heavy (non-hydrogen) atoms. The van der Waals surface area contributed by atoms with Gasteiger partial charge in [0.1, 0.15) is 5.82 Å². The zero-order valence-corrected chi connectivity index (χ0v) is 8.77. The molecule has 0 unspecified atom stereocenters. The molecule has 4 heteroatoms. The number of carboxylic acids is 1. The summed E-state index contributed by atoms with van der Waals surface area (Å²) in [5.74, 6) is -1.92. The van der Waals surface area contributed by atoms with Crippen molar-refractivity contribution in [1.82, 2.24) is 0 Å². The van der Waals surface area contributed by atoms with E-state index in [1.165, 1.54) is 23.9 Å². The maximum absolute atomic E-state index is 13.0. The number of carboxylic acid groups (broad SMARTS) is 1. The molecular formula is C10H11FO2S. The average Bonchev–Trinajstić information content (AvgIpc) is 2.07. The molecule has 0 saturated heterocycles. The van der Waals surface area contributed by atoms with Crippen LogP contribution in [0.25, 0.3) is 0 Å². The SMILES string of the molecule is CC(C)Sc1ccc(F)c(C(=O)O)c1. The minimum atomic E-state index is -1.23. The molecule has 0 atom stereocenters. The Morgan fingerprint density at radius 2 is 2.14 bits per heavy atom. The second-order valence-corrected chi connectivity index (χ2v) is 4.76. The topological polar surface area (TPSA) is 37.3 Å². The summed E-state index contributed by atoms with van der Waals surface area (Å²) < 4.78 is 13.0. The molecule has 0 aliphatic carbocycles. The van der Waals surface area contributed by atoms with Gasteiger partial charge in [-0.25, -0.2) is 9.18 Å². The molecule has 0 radical (unpaired) electrons. The predicted molar refractivity (Wildman–Crippen MR) is 54.4 cm³/mol. The summed E-state index contributed by atoms with van der Waals surface area (Å²) in [7, 11) is 0. The van der Waals surface area contributed by atoms with Crippen LogP contribution in [-0.4, -0.2) is 16.3 Å². The Morgan fingerprint density at radius 1 is 1.50 bits per heavy atom. The lowest BCUT2D eigenvalue weighted by Gasteiger charge is -2.05. The first-order chi connectivity index (χ1) is 6.50. The molecule has 0 fully saturated rings. The van der Waals surface area contributed by atoms with E-state index in [2.05, 4.69) is 0 Å². The van der Waals surface area contributed by atoms with Crippen molar-refractivity contribution in [2.24, 2.45) is 0 Å². The lowest BCUT2D eigenvalue weighted by Crippen LogP contribution is -2.00.